The standard InChI is InChI=1S/C9H11F3N2O/c1-6(13)5-14-7(9(10,11)12)3-2-4-8(14)15/h2-4,6H,5,13H2,1H3/t6-/m0/s1. The molecule has 0 saturated heterocycles. The Labute approximate surface area is 84.3 Å². The Bertz CT molecular complexity index is 395. The molecule has 84 valence electrons. The summed E-state index contributed by atoms with van der Waals surface area (Å²) in [6.45, 7) is 1.40. The first-order chi connectivity index (χ1) is 6.82. The van der Waals surface area contributed by atoms with E-state index in [1.807, 2.05) is 0 Å². The number of aromatic nitrogens is 1. The van der Waals surface area contributed by atoms with Gasteiger partial charge < -0.3 is 10.3 Å². The molecular formula is C9H11F3N2O. The van der Waals surface area contributed by atoms with E-state index in [1.165, 1.54) is 0 Å². The molecule has 0 aliphatic rings. The number of nitrogens with two attached hydrogens (primary N) is 1. The van der Waals surface area contributed by atoms with Crippen molar-refractivity contribution < 1.29 is 13.2 Å². The van der Waals surface area contributed by atoms with E-state index in [4.69, 9.17) is 5.73 Å². The summed E-state index contributed by atoms with van der Waals surface area (Å²) in [5, 5.41) is 0. The predicted octanol–water partition coefficient (Wildman–Crippen LogP) is 1.21. The molecule has 0 amide bonds. The molecule has 0 aromatic carbocycles. The minimum absolute atomic E-state index is 0.144. The summed E-state index contributed by atoms with van der Waals surface area (Å²) in [6.07, 6.45) is -4.53. The Hall–Kier alpha value is -1.30. The lowest BCUT2D eigenvalue weighted by atomic mass is 10.3. The van der Waals surface area contributed by atoms with Crippen molar-refractivity contribution in [1.82, 2.24) is 4.57 Å². The van der Waals surface area contributed by atoms with E-state index in [1.54, 1.807) is 6.92 Å². The summed E-state index contributed by atoms with van der Waals surface area (Å²) in [7, 11) is 0. The molecule has 1 rings (SSSR count). The summed E-state index contributed by atoms with van der Waals surface area (Å²) >= 11 is 0. The molecule has 15 heavy (non-hydrogen) atoms. The first-order valence-corrected chi connectivity index (χ1v) is 4.35. The number of rotatable bonds is 2. The van der Waals surface area contributed by atoms with Crippen LogP contribution in [0.25, 0.3) is 0 Å². The van der Waals surface area contributed by atoms with Gasteiger partial charge in [0.15, 0.2) is 0 Å². The van der Waals surface area contributed by atoms with Gasteiger partial charge in [-0.25, -0.2) is 0 Å². The molecular weight excluding hydrogens is 209 g/mol. The quantitative estimate of drug-likeness (QED) is 0.814. The van der Waals surface area contributed by atoms with Gasteiger partial charge in [-0.05, 0) is 13.0 Å². The van der Waals surface area contributed by atoms with E-state index in [2.05, 4.69) is 0 Å². The van der Waals surface area contributed by atoms with Gasteiger partial charge in [0, 0.05) is 18.7 Å². The topological polar surface area (TPSA) is 48.0 Å². The fourth-order valence-corrected chi connectivity index (χ4v) is 1.24. The van der Waals surface area contributed by atoms with Crippen LogP contribution in [0.4, 0.5) is 13.2 Å². The van der Waals surface area contributed by atoms with Crippen LogP contribution in [0.3, 0.4) is 0 Å². The lowest BCUT2D eigenvalue weighted by molar-refractivity contribution is -0.144. The van der Waals surface area contributed by atoms with Gasteiger partial charge in [0.25, 0.3) is 5.56 Å². The zero-order valence-electron chi connectivity index (χ0n) is 8.08. The summed E-state index contributed by atoms with van der Waals surface area (Å²) < 4.78 is 38.1. The molecule has 0 unspecified atom stereocenters. The smallest absolute Gasteiger partial charge is 0.326 e. The average molecular weight is 220 g/mol. The Balaban J connectivity index is 3.27. The van der Waals surface area contributed by atoms with Crippen molar-refractivity contribution >= 4 is 0 Å². The predicted molar refractivity (Wildman–Crippen MR) is 49.4 cm³/mol. The Kier molecular flexibility index (Phi) is 3.18. The first-order valence-electron chi connectivity index (χ1n) is 4.35. The molecule has 1 aromatic heterocycles. The van der Waals surface area contributed by atoms with Gasteiger partial charge in [0.05, 0.1) is 0 Å². The van der Waals surface area contributed by atoms with Crippen molar-refractivity contribution in [3.8, 4) is 0 Å². The molecule has 2 N–H and O–H groups in total. The maximum Gasteiger partial charge on any atom is 0.431 e. The van der Waals surface area contributed by atoms with Gasteiger partial charge in [-0.15, -0.1) is 0 Å². The van der Waals surface area contributed by atoms with Crippen LogP contribution < -0.4 is 11.3 Å². The van der Waals surface area contributed by atoms with Crippen molar-refractivity contribution in [2.24, 2.45) is 5.73 Å². The van der Waals surface area contributed by atoms with Crippen molar-refractivity contribution in [3.63, 3.8) is 0 Å². The van der Waals surface area contributed by atoms with E-state index >= 15 is 0 Å². The number of halogens is 3. The number of alkyl halides is 3. The molecule has 1 heterocycles. The second kappa shape index (κ2) is 4.06. The van der Waals surface area contributed by atoms with Crippen LogP contribution in [0.2, 0.25) is 0 Å². The third-order valence-electron chi connectivity index (χ3n) is 1.81. The minimum atomic E-state index is -4.53. The Morgan fingerprint density at radius 3 is 2.53 bits per heavy atom. The highest BCUT2D eigenvalue weighted by Gasteiger charge is 2.34. The highest BCUT2D eigenvalue weighted by atomic mass is 19.4. The van der Waals surface area contributed by atoms with Gasteiger partial charge in [-0.2, -0.15) is 13.2 Å². The fraction of sp³-hybridized carbons (Fsp3) is 0.444. The van der Waals surface area contributed by atoms with E-state index in [0.717, 1.165) is 18.2 Å². The van der Waals surface area contributed by atoms with Gasteiger partial charge in [-0.1, -0.05) is 6.07 Å². The highest BCUT2D eigenvalue weighted by Crippen LogP contribution is 2.27. The molecule has 0 spiro atoms. The van der Waals surface area contributed by atoms with Crippen LogP contribution in [0, 0.1) is 0 Å². The molecule has 0 bridgehead atoms. The van der Waals surface area contributed by atoms with E-state index < -0.39 is 23.5 Å². The monoisotopic (exact) mass is 220 g/mol. The summed E-state index contributed by atoms with van der Waals surface area (Å²) in [6, 6.07) is 2.52. The van der Waals surface area contributed by atoms with Crippen molar-refractivity contribution in [2.75, 3.05) is 0 Å². The maximum absolute atomic E-state index is 12.5. The molecule has 0 radical (unpaired) electrons. The van der Waals surface area contributed by atoms with E-state index in [9.17, 15) is 18.0 Å². The lowest BCUT2D eigenvalue weighted by Gasteiger charge is -2.16. The summed E-state index contributed by atoms with van der Waals surface area (Å²) in [5.41, 5.74) is 3.72. The third-order valence-corrected chi connectivity index (χ3v) is 1.81. The molecule has 0 aliphatic carbocycles. The van der Waals surface area contributed by atoms with Crippen LogP contribution in [0.1, 0.15) is 12.6 Å². The second-order valence-corrected chi connectivity index (χ2v) is 3.33. The summed E-state index contributed by atoms with van der Waals surface area (Å²) in [4.78, 5) is 11.2. The van der Waals surface area contributed by atoms with Crippen LogP contribution in [-0.2, 0) is 12.7 Å². The molecule has 0 fully saturated rings. The number of hydrogen-bond acceptors (Lipinski definition) is 2. The molecule has 6 heteroatoms. The van der Waals surface area contributed by atoms with Gasteiger partial charge in [0.2, 0.25) is 0 Å². The first kappa shape index (κ1) is 11.8. The van der Waals surface area contributed by atoms with Crippen LogP contribution >= 0.6 is 0 Å². The van der Waals surface area contributed by atoms with E-state index in [-0.39, 0.29) is 6.54 Å². The second-order valence-electron chi connectivity index (χ2n) is 3.33. The van der Waals surface area contributed by atoms with Crippen molar-refractivity contribution in [2.45, 2.75) is 25.7 Å². The third kappa shape index (κ3) is 2.82. The average Bonchev–Trinajstić information content (AvgIpc) is 2.05. The highest BCUT2D eigenvalue weighted by molar-refractivity contribution is 5.10. The van der Waals surface area contributed by atoms with Crippen LogP contribution in [0.15, 0.2) is 23.0 Å². The Morgan fingerprint density at radius 1 is 1.47 bits per heavy atom. The number of nitrogens with zero attached hydrogens (tertiary/aromatic N) is 1. The zero-order chi connectivity index (χ0) is 11.6. The van der Waals surface area contributed by atoms with Crippen LogP contribution in [-0.4, -0.2) is 10.6 Å². The number of pyridine rings is 1. The molecule has 1 atom stereocenters. The van der Waals surface area contributed by atoms with Crippen molar-refractivity contribution in [3.05, 3.63) is 34.2 Å². The summed E-state index contributed by atoms with van der Waals surface area (Å²) in [5.74, 6) is 0. The zero-order valence-corrected chi connectivity index (χ0v) is 8.08. The van der Waals surface area contributed by atoms with Gasteiger partial charge >= 0.3 is 6.18 Å². The maximum atomic E-state index is 12.5. The normalized spacial score (nSPS) is 13.9. The van der Waals surface area contributed by atoms with E-state index in [0.29, 0.717) is 4.57 Å². The lowest BCUT2D eigenvalue weighted by Crippen LogP contribution is -2.33. The molecule has 1 aromatic rings. The van der Waals surface area contributed by atoms with Crippen LogP contribution in [0.5, 0.6) is 0 Å². The molecule has 0 aliphatic heterocycles. The largest absolute Gasteiger partial charge is 0.431 e. The molecule has 3 nitrogen and oxygen atoms in total. The molecule has 0 saturated carbocycles. The Morgan fingerprint density at radius 2 is 2.07 bits per heavy atom. The SMILES string of the molecule is C[C@H](N)Cn1c(C(F)(F)F)cccc1=O. The van der Waals surface area contributed by atoms with Gasteiger partial charge in [-0.3, -0.25) is 4.79 Å². The van der Waals surface area contributed by atoms with Gasteiger partial charge in [0.1, 0.15) is 5.69 Å². The number of hydrogen-bond donors (Lipinski definition) is 1. The van der Waals surface area contributed by atoms with Crippen molar-refractivity contribution in [1.29, 1.82) is 0 Å². The fourth-order valence-electron chi connectivity index (χ4n) is 1.24. The minimum Gasteiger partial charge on any atom is -0.326 e.